The van der Waals surface area contributed by atoms with Crippen LogP contribution in [0.1, 0.15) is 53.3 Å². The monoisotopic (exact) mass is 499 g/mol. The third-order valence-electron chi connectivity index (χ3n) is 6.81. The van der Waals surface area contributed by atoms with Gasteiger partial charge in [0, 0.05) is 50.5 Å². The summed E-state index contributed by atoms with van der Waals surface area (Å²) < 4.78 is 33.5. The summed E-state index contributed by atoms with van der Waals surface area (Å²) in [6.45, 7) is 4.83. The van der Waals surface area contributed by atoms with Gasteiger partial charge in [-0.3, -0.25) is 9.59 Å². The van der Waals surface area contributed by atoms with Crippen molar-refractivity contribution in [2.45, 2.75) is 37.5 Å². The second-order valence-corrected chi connectivity index (χ2v) is 11.0. The number of methoxy groups -OCH3 is 1. The zero-order valence-corrected chi connectivity index (χ0v) is 21.2. The summed E-state index contributed by atoms with van der Waals surface area (Å²) in [5.74, 6) is 0.161. The van der Waals surface area contributed by atoms with Crippen molar-refractivity contribution in [1.29, 1.82) is 0 Å². The van der Waals surface area contributed by atoms with Crippen molar-refractivity contribution in [3.05, 3.63) is 53.6 Å². The molecule has 2 aromatic rings. The molecule has 0 N–H and O–H groups in total. The molecule has 9 heteroatoms. The van der Waals surface area contributed by atoms with Crippen LogP contribution in [0.4, 0.5) is 5.69 Å². The first-order valence-electron chi connectivity index (χ1n) is 12.1. The lowest BCUT2D eigenvalue weighted by Crippen LogP contribution is -2.48. The highest BCUT2D eigenvalue weighted by Gasteiger charge is 2.29. The standard InChI is InChI=1S/C26H33N3O5S/c1-20(30)21-7-9-22(10-8-21)27-15-17-28(18-16-27)26(31)24-19-23(11-12-25(24)34-2)35(32,33)29-13-5-3-4-6-14-29/h7-12,19H,3-6,13-18H2,1-2H3. The molecule has 8 nitrogen and oxygen atoms in total. The van der Waals surface area contributed by atoms with Crippen molar-refractivity contribution in [2.75, 3.05) is 51.3 Å². The van der Waals surface area contributed by atoms with Crippen molar-refractivity contribution < 1.29 is 22.7 Å². The van der Waals surface area contributed by atoms with Crippen molar-refractivity contribution >= 4 is 27.4 Å². The third-order valence-corrected chi connectivity index (χ3v) is 8.70. The second-order valence-electron chi connectivity index (χ2n) is 9.06. The molecule has 2 saturated heterocycles. The topological polar surface area (TPSA) is 87.2 Å². The van der Waals surface area contributed by atoms with E-state index in [-0.39, 0.29) is 22.1 Å². The van der Waals surface area contributed by atoms with Crippen LogP contribution in [0.25, 0.3) is 0 Å². The number of Topliss-reactive ketones (excluding diaryl/α,β-unsaturated/α-hetero) is 1. The largest absolute Gasteiger partial charge is 0.496 e. The lowest BCUT2D eigenvalue weighted by Gasteiger charge is -2.36. The summed E-state index contributed by atoms with van der Waals surface area (Å²) in [6, 6.07) is 12.0. The maximum absolute atomic E-state index is 13.4. The van der Waals surface area contributed by atoms with Crippen molar-refractivity contribution in [1.82, 2.24) is 9.21 Å². The normalized spacial score (nSPS) is 17.7. The van der Waals surface area contributed by atoms with Gasteiger partial charge in [0.15, 0.2) is 5.78 Å². The SMILES string of the molecule is COc1ccc(S(=O)(=O)N2CCCCCC2)cc1C(=O)N1CCN(c2ccc(C(C)=O)cc2)CC1. The highest BCUT2D eigenvalue weighted by atomic mass is 32.2. The Morgan fingerprint density at radius 3 is 2.03 bits per heavy atom. The van der Waals surface area contributed by atoms with Gasteiger partial charge in [-0.25, -0.2) is 8.42 Å². The number of carbonyl (C=O) groups excluding carboxylic acids is 2. The summed E-state index contributed by atoms with van der Waals surface area (Å²) in [5.41, 5.74) is 1.94. The zero-order valence-electron chi connectivity index (χ0n) is 20.4. The van der Waals surface area contributed by atoms with Crippen LogP contribution in [0.5, 0.6) is 5.75 Å². The molecule has 2 aliphatic rings. The Hall–Kier alpha value is -2.91. The molecule has 188 valence electrons. The zero-order chi connectivity index (χ0) is 25.0. The summed E-state index contributed by atoms with van der Waals surface area (Å²) in [4.78, 5) is 29.0. The summed E-state index contributed by atoms with van der Waals surface area (Å²) in [5, 5.41) is 0. The van der Waals surface area contributed by atoms with Crippen LogP contribution in [0.3, 0.4) is 0 Å². The van der Waals surface area contributed by atoms with E-state index in [2.05, 4.69) is 4.90 Å². The van der Waals surface area contributed by atoms with Gasteiger partial charge in [0.1, 0.15) is 5.75 Å². The summed E-state index contributed by atoms with van der Waals surface area (Å²) in [7, 11) is -2.19. The molecule has 35 heavy (non-hydrogen) atoms. The minimum atomic E-state index is -3.68. The maximum Gasteiger partial charge on any atom is 0.257 e. The van der Waals surface area contributed by atoms with Gasteiger partial charge in [-0.1, -0.05) is 12.8 Å². The second kappa shape index (κ2) is 10.8. The first-order valence-corrected chi connectivity index (χ1v) is 13.6. The third kappa shape index (κ3) is 5.51. The molecular formula is C26H33N3O5S. The lowest BCUT2D eigenvalue weighted by molar-refractivity contribution is 0.0743. The maximum atomic E-state index is 13.4. The van der Waals surface area contributed by atoms with Crippen molar-refractivity contribution in [3.63, 3.8) is 0 Å². The number of hydrogen-bond acceptors (Lipinski definition) is 6. The highest BCUT2D eigenvalue weighted by Crippen LogP contribution is 2.28. The number of benzene rings is 2. The lowest BCUT2D eigenvalue weighted by atomic mass is 10.1. The molecule has 4 rings (SSSR count). The van der Waals surface area contributed by atoms with Gasteiger partial charge in [0.05, 0.1) is 17.6 Å². The van der Waals surface area contributed by atoms with Crippen molar-refractivity contribution in [3.8, 4) is 5.75 Å². The Kier molecular flexibility index (Phi) is 7.76. The molecular weight excluding hydrogens is 466 g/mol. The van der Waals surface area contributed by atoms with Crippen LogP contribution in [0.15, 0.2) is 47.4 Å². The molecule has 0 spiro atoms. The first-order chi connectivity index (χ1) is 16.8. The number of ketones is 1. The Morgan fingerprint density at radius 2 is 1.46 bits per heavy atom. The number of piperazine rings is 1. The van der Waals surface area contributed by atoms with E-state index in [0.29, 0.717) is 50.6 Å². The van der Waals surface area contributed by atoms with Gasteiger partial charge in [-0.2, -0.15) is 4.31 Å². The predicted octanol–water partition coefficient (Wildman–Crippen LogP) is 3.42. The van der Waals surface area contributed by atoms with Crippen LogP contribution in [-0.2, 0) is 10.0 Å². The molecule has 2 heterocycles. The first kappa shape index (κ1) is 25.2. The van der Waals surface area contributed by atoms with Crippen molar-refractivity contribution in [2.24, 2.45) is 0 Å². The Labute approximate surface area is 207 Å². The molecule has 0 saturated carbocycles. The van der Waals surface area contributed by atoms with E-state index < -0.39 is 10.0 Å². The summed E-state index contributed by atoms with van der Waals surface area (Å²) in [6.07, 6.45) is 3.77. The number of amides is 1. The van der Waals surface area contributed by atoms with E-state index in [9.17, 15) is 18.0 Å². The number of sulfonamides is 1. The molecule has 0 aromatic heterocycles. The fourth-order valence-corrected chi connectivity index (χ4v) is 6.23. The van der Waals surface area contributed by atoms with Crippen LogP contribution in [0.2, 0.25) is 0 Å². The fraction of sp³-hybridized carbons (Fsp3) is 0.462. The minimum Gasteiger partial charge on any atom is -0.496 e. The van der Waals surface area contributed by atoms with E-state index in [4.69, 9.17) is 4.74 Å². The molecule has 0 bridgehead atoms. The highest BCUT2D eigenvalue weighted by molar-refractivity contribution is 7.89. The number of ether oxygens (including phenoxy) is 1. The molecule has 0 aliphatic carbocycles. The molecule has 2 fully saturated rings. The van der Waals surface area contributed by atoms with E-state index in [1.54, 1.807) is 17.9 Å². The summed E-state index contributed by atoms with van der Waals surface area (Å²) >= 11 is 0. The Bertz CT molecular complexity index is 1160. The predicted molar refractivity (Wildman–Crippen MR) is 135 cm³/mol. The molecule has 0 atom stereocenters. The number of carbonyl (C=O) groups is 2. The smallest absolute Gasteiger partial charge is 0.257 e. The molecule has 0 unspecified atom stereocenters. The van der Waals surface area contributed by atoms with Gasteiger partial charge in [0.2, 0.25) is 10.0 Å². The molecule has 1 amide bonds. The molecule has 2 aliphatic heterocycles. The van der Waals surface area contributed by atoms with E-state index in [1.165, 1.54) is 23.5 Å². The van der Waals surface area contributed by atoms with Crippen LogP contribution in [-0.4, -0.2) is 75.7 Å². The molecule has 2 aromatic carbocycles. The minimum absolute atomic E-state index is 0.0287. The van der Waals surface area contributed by atoms with Gasteiger partial charge >= 0.3 is 0 Å². The van der Waals surface area contributed by atoms with Gasteiger partial charge in [-0.05, 0) is 62.2 Å². The number of anilines is 1. The molecule has 0 radical (unpaired) electrons. The Balaban J connectivity index is 1.49. The van der Waals surface area contributed by atoms with E-state index >= 15 is 0 Å². The van der Waals surface area contributed by atoms with Crippen LogP contribution < -0.4 is 9.64 Å². The van der Waals surface area contributed by atoms with Gasteiger partial charge < -0.3 is 14.5 Å². The van der Waals surface area contributed by atoms with E-state index in [0.717, 1.165) is 31.4 Å². The number of hydrogen-bond donors (Lipinski definition) is 0. The van der Waals surface area contributed by atoms with E-state index in [1.807, 2.05) is 24.3 Å². The quantitative estimate of drug-likeness (QED) is 0.566. The average Bonchev–Trinajstić information content (AvgIpc) is 3.18. The van der Waals surface area contributed by atoms with Crippen LogP contribution >= 0.6 is 0 Å². The fourth-order valence-electron chi connectivity index (χ4n) is 4.69. The van der Waals surface area contributed by atoms with Gasteiger partial charge in [0.25, 0.3) is 5.91 Å². The van der Waals surface area contributed by atoms with Crippen LogP contribution in [0, 0.1) is 0 Å². The Morgan fingerprint density at radius 1 is 0.829 bits per heavy atom. The average molecular weight is 500 g/mol. The number of rotatable bonds is 6. The van der Waals surface area contributed by atoms with Gasteiger partial charge in [-0.15, -0.1) is 0 Å². The number of nitrogens with zero attached hydrogens (tertiary/aromatic N) is 3.